The number of nitrogens with one attached hydrogen (secondary N) is 1. The van der Waals surface area contributed by atoms with Gasteiger partial charge < -0.3 is 16.2 Å². The third-order valence-corrected chi connectivity index (χ3v) is 3.20. The molecule has 0 bridgehead atoms. The molecule has 0 atom stereocenters. The van der Waals surface area contributed by atoms with Crippen molar-refractivity contribution in [2.24, 2.45) is 11.7 Å². The maximum absolute atomic E-state index is 11.8. The molecule has 0 aromatic carbocycles. The Labute approximate surface area is 91.2 Å². The summed E-state index contributed by atoms with van der Waals surface area (Å²) in [7, 11) is 0. The van der Waals surface area contributed by atoms with Crippen LogP contribution in [0.25, 0.3) is 0 Å². The third-order valence-electron chi connectivity index (χ3n) is 3.20. The molecule has 88 valence electrons. The van der Waals surface area contributed by atoms with E-state index < -0.39 is 5.60 Å². The Balaban J connectivity index is 2.51. The molecule has 0 aromatic rings. The minimum Gasteiger partial charge on any atom is -0.382 e. The van der Waals surface area contributed by atoms with Gasteiger partial charge in [-0.15, -0.1) is 0 Å². The van der Waals surface area contributed by atoms with Gasteiger partial charge in [-0.3, -0.25) is 4.79 Å². The summed E-state index contributed by atoms with van der Waals surface area (Å²) in [4.78, 5) is 11.8. The van der Waals surface area contributed by atoms with E-state index in [0.29, 0.717) is 25.6 Å². The Morgan fingerprint density at radius 2 is 2.07 bits per heavy atom. The molecule has 1 aliphatic rings. The number of carbonyl (C=O) groups is 1. The first-order valence-electron chi connectivity index (χ1n) is 5.70. The van der Waals surface area contributed by atoms with Gasteiger partial charge in [0, 0.05) is 18.6 Å². The smallest absolute Gasteiger partial charge is 0.166 e. The molecule has 0 aliphatic heterocycles. The fourth-order valence-electron chi connectivity index (χ4n) is 2.25. The van der Waals surface area contributed by atoms with Gasteiger partial charge in [0.1, 0.15) is 5.60 Å². The van der Waals surface area contributed by atoms with Crippen LogP contribution in [-0.2, 0) is 4.79 Å². The van der Waals surface area contributed by atoms with Gasteiger partial charge in [-0.1, -0.05) is 13.8 Å². The minimum absolute atomic E-state index is 0.0197. The van der Waals surface area contributed by atoms with Crippen molar-refractivity contribution in [2.75, 3.05) is 6.67 Å². The van der Waals surface area contributed by atoms with E-state index in [1.165, 1.54) is 0 Å². The highest BCUT2D eigenvalue weighted by Crippen LogP contribution is 2.31. The second kappa shape index (κ2) is 5.05. The molecule has 1 rings (SSSR count). The number of rotatable bonds is 4. The first kappa shape index (κ1) is 12.6. The van der Waals surface area contributed by atoms with E-state index in [4.69, 9.17) is 5.73 Å². The predicted molar refractivity (Wildman–Crippen MR) is 59.2 cm³/mol. The normalized spacial score (nSPS) is 31.9. The largest absolute Gasteiger partial charge is 0.382 e. The molecule has 1 saturated carbocycles. The summed E-state index contributed by atoms with van der Waals surface area (Å²) >= 11 is 0. The first-order chi connectivity index (χ1) is 6.99. The van der Waals surface area contributed by atoms with Gasteiger partial charge in [-0.05, 0) is 25.7 Å². The zero-order chi connectivity index (χ0) is 11.5. The van der Waals surface area contributed by atoms with Crippen LogP contribution >= 0.6 is 0 Å². The molecular weight excluding hydrogens is 192 g/mol. The molecule has 0 aromatic heterocycles. The molecular formula is C11H22N2O2. The Kier molecular flexibility index (Phi) is 4.25. The van der Waals surface area contributed by atoms with Gasteiger partial charge in [-0.2, -0.15) is 0 Å². The van der Waals surface area contributed by atoms with E-state index in [-0.39, 0.29) is 11.7 Å². The summed E-state index contributed by atoms with van der Waals surface area (Å²) in [5, 5.41) is 13.3. The molecule has 4 N–H and O–H groups in total. The molecule has 1 aliphatic carbocycles. The molecule has 0 spiro atoms. The van der Waals surface area contributed by atoms with Crippen molar-refractivity contribution in [3.63, 3.8) is 0 Å². The average Bonchev–Trinajstić information content (AvgIpc) is 2.21. The van der Waals surface area contributed by atoms with E-state index in [9.17, 15) is 9.90 Å². The Bertz CT molecular complexity index is 221. The molecule has 0 heterocycles. The fourth-order valence-corrected chi connectivity index (χ4v) is 2.25. The van der Waals surface area contributed by atoms with E-state index >= 15 is 0 Å². The second-order valence-corrected chi connectivity index (χ2v) is 4.73. The molecule has 0 amide bonds. The average molecular weight is 214 g/mol. The maximum Gasteiger partial charge on any atom is 0.166 e. The topological polar surface area (TPSA) is 75.3 Å². The van der Waals surface area contributed by atoms with E-state index in [1.54, 1.807) is 0 Å². The van der Waals surface area contributed by atoms with Gasteiger partial charge in [0.2, 0.25) is 0 Å². The summed E-state index contributed by atoms with van der Waals surface area (Å²) < 4.78 is 0. The maximum atomic E-state index is 11.8. The highest BCUT2D eigenvalue weighted by atomic mass is 16.3. The SMILES string of the molecule is CC(C)C(=O)C1(O)CCC(NCN)CC1. The van der Waals surface area contributed by atoms with Crippen molar-refractivity contribution in [1.29, 1.82) is 0 Å². The molecule has 0 saturated heterocycles. The number of aliphatic hydroxyl groups is 1. The van der Waals surface area contributed by atoms with E-state index in [0.717, 1.165) is 12.8 Å². The molecule has 0 radical (unpaired) electrons. The lowest BCUT2D eigenvalue weighted by molar-refractivity contribution is -0.144. The lowest BCUT2D eigenvalue weighted by atomic mass is 9.76. The van der Waals surface area contributed by atoms with Crippen molar-refractivity contribution in [2.45, 2.75) is 51.2 Å². The zero-order valence-electron chi connectivity index (χ0n) is 9.62. The number of Topliss-reactive ketones (excluding diaryl/α,β-unsaturated/α-hetero) is 1. The van der Waals surface area contributed by atoms with Crippen LogP contribution in [0.1, 0.15) is 39.5 Å². The number of carbonyl (C=O) groups excluding carboxylic acids is 1. The summed E-state index contributed by atoms with van der Waals surface area (Å²) in [6, 6.07) is 0.357. The van der Waals surface area contributed by atoms with Gasteiger partial charge in [-0.25, -0.2) is 0 Å². The summed E-state index contributed by atoms with van der Waals surface area (Å²) in [5.74, 6) is -0.109. The number of hydrogen-bond donors (Lipinski definition) is 3. The van der Waals surface area contributed by atoms with Gasteiger partial charge in [0.25, 0.3) is 0 Å². The number of ketones is 1. The number of hydrogen-bond acceptors (Lipinski definition) is 4. The quantitative estimate of drug-likeness (QED) is 0.592. The Hall–Kier alpha value is -0.450. The predicted octanol–water partition coefficient (Wildman–Crippen LogP) is 0.391. The van der Waals surface area contributed by atoms with Gasteiger partial charge in [0.05, 0.1) is 0 Å². The van der Waals surface area contributed by atoms with Crippen LogP contribution in [0.3, 0.4) is 0 Å². The van der Waals surface area contributed by atoms with Crippen LogP contribution in [0.2, 0.25) is 0 Å². The van der Waals surface area contributed by atoms with Gasteiger partial charge >= 0.3 is 0 Å². The van der Waals surface area contributed by atoms with Crippen molar-refractivity contribution in [3.05, 3.63) is 0 Å². The summed E-state index contributed by atoms with van der Waals surface area (Å²) in [6.07, 6.45) is 2.77. The van der Waals surface area contributed by atoms with Crippen LogP contribution in [0.15, 0.2) is 0 Å². The van der Waals surface area contributed by atoms with Crippen molar-refractivity contribution in [3.8, 4) is 0 Å². The third kappa shape index (κ3) is 3.00. The summed E-state index contributed by atoms with van der Waals surface area (Å²) in [5.41, 5.74) is 4.31. The van der Waals surface area contributed by atoms with Crippen molar-refractivity contribution < 1.29 is 9.90 Å². The lowest BCUT2D eigenvalue weighted by Gasteiger charge is -2.36. The molecule has 4 nitrogen and oxygen atoms in total. The van der Waals surface area contributed by atoms with Gasteiger partial charge in [0.15, 0.2) is 5.78 Å². The first-order valence-corrected chi connectivity index (χ1v) is 5.70. The van der Waals surface area contributed by atoms with Crippen LogP contribution in [0.5, 0.6) is 0 Å². The highest BCUT2D eigenvalue weighted by molar-refractivity contribution is 5.88. The van der Waals surface area contributed by atoms with Crippen molar-refractivity contribution in [1.82, 2.24) is 5.32 Å². The molecule has 0 unspecified atom stereocenters. The Morgan fingerprint density at radius 3 is 2.47 bits per heavy atom. The fraction of sp³-hybridized carbons (Fsp3) is 0.909. The second-order valence-electron chi connectivity index (χ2n) is 4.73. The summed E-state index contributed by atoms with van der Waals surface area (Å²) in [6.45, 7) is 4.14. The number of nitrogens with two attached hydrogens (primary N) is 1. The molecule has 4 heteroatoms. The van der Waals surface area contributed by atoms with Crippen LogP contribution < -0.4 is 11.1 Å². The Morgan fingerprint density at radius 1 is 1.53 bits per heavy atom. The zero-order valence-corrected chi connectivity index (χ0v) is 9.62. The van der Waals surface area contributed by atoms with E-state index in [1.807, 2.05) is 13.8 Å². The standard InChI is InChI=1S/C11H22N2O2/c1-8(2)10(14)11(15)5-3-9(4-6-11)13-7-12/h8-9,13,15H,3-7,12H2,1-2H3. The monoisotopic (exact) mass is 214 g/mol. The van der Waals surface area contributed by atoms with E-state index in [2.05, 4.69) is 5.32 Å². The lowest BCUT2D eigenvalue weighted by Crippen LogP contribution is -2.48. The highest BCUT2D eigenvalue weighted by Gasteiger charge is 2.40. The molecule has 1 fully saturated rings. The van der Waals surface area contributed by atoms with Crippen molar-refractivity contribution >= 4 is 5.78 Å². The molecule has 15 heavy (non-hydrogen) atoms. The minimum atomic E-state index is -1.08. The van der Waals surface area contributed by atoms with Crippen LogP contribution in [0.4, 0.5) is 0 Å². The van der Waals surface area contributed by atoms with Crippen LogP contribution in [0, 0.1) is 5.92 Å². The van der Waals surface area contributed by atoms with Crippen LogP contribution in [-0.4, -0.2) is 29.2 Å².